The van der Waals surface area contributed by atoms with Crippen LogP contribution in [0.25, 0.3) is 22.6 Å². The predicted molar refractivity (Wildman–Crippen MR) is 118 cm³/mol. The number of carbonyl (C=O) groups is 1. The lowest BCUT2D eigenvalue weighted by molar-refractivity contribution is 0.0954. The highest BCUT2D eigenvalue weighted by Gasteiger charge is 2.25. The molecule has 0 radical (unpaired) electrons. The molecule has 0 saturated heterocycles. The fourth-order valence-electron chi connectivity index (χ4n) is 3.71. The number of imidazole rings is 1. The second-order valence-corrected chi connectivity index (χ2v) is 7.54. The summed E-state index contributed by atoms with van der Waals surface area (Å²) in [5.74, 6) is -1.08. The second kappa shape index (κ2) is 7.58. The van der Waals surface area contributed by atoms with Crippen LogP contribution in [0.3, 0.4) is 0 Å². The average molecular weight is 448 g/mol. The van der Waals surface area contributed by atoms with Gasteiger partial charge in [-0.2, -0.15) is 5.10 Å². The lowest BCUT2D eigenvalue weighted by Crippen LogP contribution is -2.29. The van der Waals surface area contributed by atoms with Gasteiger partial charge in [0, 0.05) is 17.3 Å². The molecule has 3 heterocycles. The van der Waals surface area contributed by atoms with E-state index in [1.807, 2.05) is 0 Å². The van der Waals surface area contributed by atoms with Crippen molar-refractivity contribution in [2.45, 2.75) is 6.92 Å². The number of aromatic nitrogens is 5. The number of benzene rings is 2. The zero-order valence-corrected chi connectivity index (χ0v) is 17.5. The summed E-state index contributed by atoms with van der Waals surface area (Å²) in [6, 6.07) is 16.0. The van der Waals surface area contributed by atoms with E-state index in [4.69, 9.17) is 11.6 Å². The zero-order valence-electron chi connectivity index (χ0n) is 16.7. The molecular formula is C23H15ClFN5O2. The minimum Gasteiger partial charge on any atom is -0.268 e. The van der Waals surface area contributed by atoms with Crippen molar-refractivity contribution in [1.82, 2.24) is 23.7 Å². The third-order valence-electron chi connectivity index (χ3n) is 5.22. The maximum atomic E-state index is 13.8. The highest BCUT2D eigenvalue weighted by molar-refractivity contribution is 6.30. The van der Waals surface area contributed by atoms with Crippen LogP contribution in [0.5, 0.6) is 0 Å². The van der Waals surface area contributed by atoms with Crippen LogP contribution in [0, 0.1) is 12.7 Å². The first-order valence-electron chi connectivity index (χ1n) is 9.65. The van der Waals surface area contributed by atoms with Crippen molar-refractivity contribution in [2.75, 3.05) is 0 Å². The van der Waals surface area contributed by atoms with E-state index < -0.39 is 17.4 Å². The third kappa shape index (κ3) is 3.12. The van der Waals surface area contributed by atoms with Crippen LogP contribution < -0.4 is 5.69 Å². The molecule has 0 aliphatic heterocycles. The van der Waals surface area contributed by atoms with E-state index in [1.54, 1.807) is 60.1 Å². The van der Waals surface area contributed by atoms with E-state index in [0.717, 1.165) is 4.57 Å². The summed E-state index contributed by atoms with van der Waals surface area (Å²) in [4.78, 5) is 30.9. The van der Waals surface area contributed by atoms with E-state index in [1.165, 1.54) is 29.1 Å². The van der Waals surface area contributed by atoms with Crippen molar-refractivity contribution in [3.05, 3.63) is 106 Å². The second-order valence-electron chi connectivity index (χ2n) is 7.14. The Morgan fingerprint density at radius 1 is 1.06 bits per heavy atom. The summed E-state index contributed by atoms with van der Waals surface area (Å²) in [7, 11) is 0. The van der Waals surface area contributed by atoms with Gasteiger partial charge in [0.05, 0.1) is 22.1 Å². The smallest absolute Gasteiger partial charge is 0.268 e. The van der Waals surface area contributed by atoms with Gasteiger partial charge in [0.25, 0.3) is 5.91 Å². The SMILES string of the molecule is Cc1c(-c2ccc3ncnn3c2)n(-c2ccc(F)c(Cl)c2)c(=O)n1C(=O)c1ccccc1. The highest BCUT2D eigenvalue weighted by Crippen LogP contribution is 2.28. The number of carbonyl (C=O) groups excluding carboxylic acids is 1. The van der Waals surface area contributed by atoms with Gasteiger partial charge in [0.1, 0.15) is 12.1 Å². The maximum Gasteiger partial charge on any atom is 0.340 e. The summed E-state index contributed by atoms with van der Waals surface area (Å²) in [5, 5.41) is 4.02. The largest absolute Gasteiger partial charge is 0.340 e. The Labute approximate surface area is 185 Å². The summed E-state index contributed by atoms with van der Waals surface area (Å²) in [6.07, 6.45) is 3.13. The fraction of sp³-hybridized carbons (Fsp3) is 0.0435. The van der Waals surface area contributed by atoms with Crippen LogP contribution in [-0.2, 0) is 0 Å². The Kier molecular flexibility index (Phi) is 4.71. The van der Waals surface area contributed by atoms with Crippen molar-refractivity contribution in [3.63, 3.8) is 0 Å². The molecule has 158 valence electrons. The molecule has 0 fully saturated rings. The fourth-order valence-corrected chi connectivity index (χ4v) is 3.89. The van der Waals surface area contributed by atoms with Crippen molar-refractivity contribution in [2.24, 2.45) is 0 Å². The van der Waals surface area contributed by atoms with E-state index >= 15 is 0 Å². The van der Waals surface area contributed by atoms with Crippen molar-refractivity contribution < 1.29 is 9.18 Å². The minimum atomic E-state index is -0.606. The minimum absolute atomic E-state index is 0.133. The molecule has 5 aromatic rings. The number of fused-ring (bicyclic) bond motifs is 1. The van der Waals surface area contributed by atoms with Gasteiger partial charge < -0.3 is 0 Å². The topological polar surface area (TPSA) is 74.2 Å². The van der Waals surface area contributed by atoms with E-state index in [2.05, 4.69) is 10.1 Å². The number of hydrogen-bond donors (Lipinski definition) is 0. The van der Waals surface area contributed by atoms with Crippen molar-refractivity contribution >= 4 is 23.2 Å². The van der Waals surface area contributed by atoms with Gasteiger partial charge in [-0.25, -0.2) is 23.3 Å². The molecular weight excluding hydrogens is 433 g/mol. The molecule has 0 aliphatic rings. The van der Waals surface area contributed by atoms with Gasteiger partial charge in [-0.15, -0.1) is 0 Å². The molecule has 0 atom stereocenters. The Hall–Kier alpha value is -4.04. The molecule has 0 bridgehead atoms. The molecule has 32 heavy (non-hydrogen) atoms. The first-order chi connectivity index (χ1) is 15.5. The molecule has 3 aromatic heterocycles. The molecule has 9 heteroatoms. The molecule has 0 aliphatic carbocycles. The van der Waals surface area contributed by atoms with E-state index in [9.17, 15) is 14.0 Å². The van der Waals surface area contributed by atoms with Crippen LogP contribution >= 0.6 is 11.6 Å². The van der Waals surface area contributed by atoms with Crippen LogP contribution in [0.2, 0.25) is 5.02 Å². The first-order valence-corrected chi connectivity index (χ1v) is 10.0. The molecule has 0 N–H and O–H groups in total. The van der Waals surface area contributed by atoms with Gasteiger partial charge in [-0.3, -0.25) is 9.36 Å². The third-order valence-corrected chi connectivity index (χ3v) is 5.51. The van der Waals surface area contributed by atoms with Gasteiger partial charge in [-0.05, 0) is 49.4 Å². The van der Waals surface area contributed by atoms with Gasteiger partial charge in [-0.1, -0.05) is 29.8 Å². The summed E-state index contributed by atoms with van der Waals surface area (Å²) in [6.45, 7) is 1.69. The monoisotopic (exact) mass is 447 g/mol. The van der Waals surface area contributed by atoms with Crippen LogP contribution in [0.15, 0.2) is 78.0 Å². The van der Waals surface area contributed by atoms with Crippen molar-refractivity contribution in [1.29, 1.82) is 0 Å². The Balaban J connectivity index is 1.82. The Morgan fingerprint density at radius 3 is 2.59 bits per heavy atom. The molecule has 0 spiro atoms. The van der Waals surface area contributed by atoms with Gasteiger partial charge in [0.2, 0.25) is 0 Å². The van der Waals surface area contributed by atoms with Crippen molar-refractivity contribution in [3.8, 4) is 16.9 Å². The number of hydrogen-bond acceptors (Lipinski definition) is 4. The number of nitrogens with zero attached hydrogens (tertiary/aromatic N) is 5. The molecule has 0 unspecified atom stereocenters. The molecule has 0 amide bonds. The predicted octanol–water partition coefficient (Wildman–Crippen LogP) is 4.14. The maximum absolute atomic E-state index is 13.8. The quantitative estimate of drug-likeness (QED) is 0.416. The van der Waals surface area contributed by atoms with E-state index in [-0.39, 0.29) is 5.02 Å². The number of pyridine rings is 1. The van der Waals surface area contributed by atoms with Crippen LogP contribution in [0.4, 0.5) is 4.39 Å². The van der Waals surface area contributed by atoms with Gasteiger partial charge >= 0.3 is 5.69 Å². The number of rotatable bonds is 3. The lowest BCUT2D eigenvalue weighted by atomic mass is 10.1. The first kappa shape index (κ1) is 19.9. The summed E-state index contributed by atoms with van der Waals surface area (Å²) < 4.78 is 17.8. The lowest BCUT2D eigenvalue weighted by Gasteiger charge is -2.09. The average Bonchev–Trinajstić information content (AvgIpc) is 3.37. The standard InChI is InChI=1S/C23H15ClFN5O2/c1-14-21(16-7-10-20-26-13-27-28(20)12-16)30(17-8-9-19(25)18(24)11-17)23(32)29(14)22(31)15-5-3-2-4-6-15/h2-13H,1H3. The zero-order chi connectivity index (χ0) is 22.4. The highest BCUT2D eigenvalue weighted by atomic mass is 35.5. The van der Waals surface area contributed by atoms with E-state index in [0.29, 0.717) is 33.8 Å². The molecule has 0 saturated carbocycles. The molecule has 7 nitrogen and oxygen atoms in total. The summed E-state index contributed by atoms with van der Waals surface area (Å²) >= 11 is 6.00. The number of halogens is 2. The van der Waals surface area contributed by atoms with Gasteiger partial charge in [0.15, 0.2) is 5.65 Å². The Bertz CT molecular complexity index is 1550. The van der Waals surface area contributed by atoms with Crippen LogP contribution in [-0.4, -0.2) is 29.6 Å². The molecule has 5 rings (SSSR count). The normalized spacial score (nSPS) is 11.2. The Morgan fingerprint density at radius 2 is 1.84 bits per heavy atom. The van der Waals surface area contributed by atoms with Crippen LogP contribution in [0.1, 0.15) is 16.1 Å². The summed E-state index contributed by atoms with van der Waals surface area (Å²) in [5.41, 5.74) is 2.24. The molecule has 2 aromatic carbocycles.